The van der Waals surface area contributed by atoms with Crippen LogP contribution in [0.25, 0.3) is 6.08 Å². The van der Waals surface area contributed by atoms with Crippen LogP contribution in [0.15, 0.2) is 53.4 Å². The second kappa shape index (κ2) is 9.27. The fraction of sp³-hybridized carbons (Fsp3) is 0.143. The summed E-state index contributed by atoms with van der Waals surface area (Å²) in [4.78, 5) is 48.6. The van der Waals surface area contributed by atoms with E-state index in [1.807, 2.05) is 13.0 Å². The molecule has 1 heterocycles. The first-order valence-corrected chi connectivity index (χ1v) is 9.70. The highest BCUT2D eigenvalue weighted by atomic mass is 32.2. The average Bonchev–Trinajstić information content (AvgIpc) is 2.95. The second-order valence-corrected chi connectivity index (χ2v) is 7.43. The molecule has 0 aliphatic carbocycles. The number of carbonyl (C=O) groups excluding carboxylic acids is 3. The summed E-state index contributed by atoms with van der Waals surface area (Å²) in [5.74, 6) is -1.73. The monoisotopic (exact) mass is 426 g/mol. The molecule has 1 saturated heterocycles. The lowest BCUT2D eigenvalue weighted by molar-refractivity contribution is -0.139. The van der Waals surface area contributed by atoms with Gasteiger partial charge in [0.15, 0.2) is 6.61 Å². The predicted octanol–water partition coefficient (Wildman–Crippen LogP) is 3.13. The number of hydrogen-bond donors (Lipinski definition) is 2. The normalized spacial score (nSPS) is 14.8. The first-order valence-electron chi connectivity index (χ1n) is 8.88. The highest BCUT2D eigenvalue weighted by Crippen LogP contribution is 2.32. The molecule has 1 fully saturated rings. The van der Waals surface area contributed by atoms with Crippen LogP contribution in [-0.2, 0) is 14.4 Å². The van der Waals surface area contributed by atoms with Crippen molar-refractivity contribution in [3.05, 3.63) is 64.6 Å². The number of aryl methyl sites for hydroxylation is 1. The van der Waals surface area contributed by atoms with Crippen molar-refractivity contribution < 1.29 is 29.0 Å². The molecule has 3 amide bonds. The molecule has 30 heavy (non-hydrogen) atoms. The van der Waals surface area contributed by atoms with Crippen molar-refractivity contribution in [3.8, 4) is 5.75 Å². The number of anilines is 1. The smallest absolute Gasteiger partial charge is 0.341 e. The lowest BCUT2D eigenvalue weighted by Gasteiger charge is -2.12. The number of hydrogen-bond acceptors (Lipinski definition) is 6. The van der Waals surface area contributed by atoms with E-state index in [1.165, 1.54) is 6.08 Å². The summed E-state index contributed by atoms with van der Waals surface area (Å²) in [6.45, 7) is 1.06. The number of thioether (sulfide) groups is 1. The summed E-state index contributed by atoms with van der Waals surface area (Å²) in [5, 5.41) is 10.8. The summed E-state index contributed by atoms with van der Waals surface area (Å²) in [6.07, 6.45) is 1.53. The number of carbonyl (C=O) groups is 4. The van der Waals surface area contributed by atoms with E-state index in [9.17, 15) is 19.2 Å². The highest BCUT2D eigenvalue weighted by Gasteiger charge is 2.36. The molecular formula is C21H18N2O6S. The van der Waals surface area contributed by atoms with E-state index >= 15 is 0 Å². The molecule has 0 saturated carbocycles. The van der Waals surface area contributed by atoms with E-state index in [4.69, 9.17) is 9.84 Å². The maximum atomic E-state index is 12.6. The summed E-state index contributed by atoms with van der Waals surface area (Å²) in [5.41, 5.74) is 2.20. The zero-order chi connectivity index (χ0) is 21.7. The lowest BCUT2D eigenvalue weighted by Crippen LogP contribution is -2.36. The third-order valence-corrected chi connectivity index (χ3v) is 4.92. The fourth-order valence-corrected chi connectivity index (χ4v) is 3.50. The molecule has 3 rings (SSSR count). The summed E-state index contributed by atoms with van der Waals surface area (Å²) < 4.78 is 5.05. The van der Waals surface area contributed by atoms with Crippen molar-refractivity contribution in [2.24, 2.45) is 0 Å². The van der Waals surface area contributed by atoms with Crippen molar-refractivity contribution >= 4 is 46.5 Å². The molecule has 0 bridgehead atoms. The van der Waals surface area contributed by atoms with Gasteiger partial charge >= 0.3 is 5.97 Å². The maximum Gasteiger partial charge on any atom is 0.341 e. The van der Waals surface area contributed by atoms with Gasteiger partial charge in [-0.05, 0) is 60.2 Å². The zero-order valence-corrected chi connectivity index (χ0v) is 16.8. The Labute approximate surface area is 176 Å². The van der Waals surface area contributed by atoms with Gasteiger partial charge in [-0.3, -0.25) is 19.3 Å². The van der Waals surface area contributed by atoms with Crippen molar-refractivity contribution in [1.29, 1.82) is 0 Å². The average molecular weight is 426 g/mol. The van der Waals surface area contributed by atoms with Crippen LogP contribution in [0.5, 0.6) is 5.75 Å². The van der Waals surface area contributed by atoms with Gasteiger partial charge in [0.2, 0.25) is 5.91 Å². The Morgan fingerprint density at radius 1 is 1.17 bits per heavy atom. The number of carboxylic acid groups (broad SMARTS) is 1. The number of ether oxygens (including phenoxy) is 1. The number of benzene rings is 2. The Balaban J connectivity index is 1.63. The van der Waals surface area contributed by atoms with Crippen LogP contribution >= 0.6 is 11.8 Å². The minimum Gasteiger partial charge on any atom is -0.482 e. The number of nitrogens with zero attached hydrogens (tertiary/aromatic N) is 1. The molecule has 154 valence electrons. The number of aliphatic carboxylic acids is 1. The number of nitrogens with one attached hydrogen (secondary N) is 1. The SMILES string of the molecule is Cc1cccc(NC(=O)CN2C(=O)SC(=Cc3ccc(OCC(=O)O)cc3)C2=O)c1. The largest absolute Gasteiger partial charge is 0.482 e. The second-order valence-electron chi connectivity index (χ2n) is 6.44. The van der Waals surface area contributed by atoms with Crippen molar-refractivity contribution in [2.75, 3.05) is 18.5 Å². The van der Waals surface area contributed by atoms with Gasteiger partial charge in [-0.25, -0.2) is 4.79 Å². The van der Waals surface area contributed by atoms with E-state index in [0.717, 1.165) is 22.2 Å². The third-order valence-electron chi connectivity index (χ3n) is 4.02. The van der Waals surface area contributed by atoms with Gasteiger partial charge in [0.1, 0.15) is 12.3 Å². The molecule has 0 spiro atoms. The molecule has 1 aliphatic rings. The topological polar surface area (TPSA) is 113 Å². The molecule has 2 aromatic carbocycles. The van der Waals surface area contributed by atoms with Gasteiger partial charge in [0.05, 0.1) is 4.91 Å². The van der Waals surface area contributed by atoms with Crippen LogP contribution in [0.1, 0.15) is 11.1 Å². The first-order chi connectivity index (χ1) is 14.3. The van der Waals surface area contributed by atoms with Gasteiger partial charge in [-0.1, -0.05) is 24.3 Å². The molecule has 2 aromatic rings. The van der Waals surface area contributed by atoms with Crippen LogP contribution in [-0.4, -0.2) is 46.2 Å². The molecule has 9 heteroatoms. The third kappa shape index (κ3) is 5.48. The molecule has 0 atom stereocenters. The summed E-state index contributed by atoms with van der Waals surface area (Å²) in [7, 11) is 0. The molecule has 1 aliphatic heterocycles. The van der Waals surface area contributed by atoms with Gasteiger partial charge in [0, 0.05) is 5.69 Å². The molecule has 2 N–H and O–H groups in total. The first kappa shape index (κ1) is 21.1. The molecule has 8 nitrogen and oxygen atoms in total. The minimum atomic E-state index is -1.08. The molecular weight excluding hydrogens is 408 g/mol. The van der Waals surface area contributed by atoms with E-state index in [0.29, 0.717) is 17.0 Å². The number of carboxylic acids is 1. The lowest BCUT2D eigenvalue weighted by atomic mass is 10.2. The molecule has 0 aromatic heterocycles. The van der Waals surface area contributed by atoms with Crippen LogP contribution in [0.4, 0.5) is 10.5 Å². The maximum absolute atomic E-state index is 12.6. The Morgan fingerprint density at radius 3 is 2.57 bits per heavy atom. The Bertz CT molecular complexity index is 1030. The van der Waals surface area contributed by atoms with E-state index in [-0.39, 0.29) is 11.4 Å². The van der Waals surface area contributed by atoms with Crippen molar-refractivity contribution in [3.63, 3.8) is 0 Å². The Hall–Kier alpha value is -3.59. The van der Waals surface area contributed by atoms with Crippen LogP contribution in [0.2, 0.25) is 0 Å². The Morgan fingerprint density at radius 2 is 1.90 bits per heavy atom. The summed E-state index contributed by atoms with van der Waals surface area (Å²) in [6, 6.07) is 13.6. The summed E-state index contributed by atoms with van der Waals surface area (Å²) >= 11 is 0.755. The van der Waals surface area contributed by atoms with E-state index in [2.05, 4.69) is 5.32 Å². The van der Waals surface area contributed by atoms with Crippen LogP contribution in [0.3, 0.4) is 0 Å². The molecule has 0 unspecified atom stereocenters. The van der Waals surface area contributed by atoms with Crippen LogP contribution < -0.4 is 10.1 Å². The van der Waals surface area contributed by atoms with Gasteiger partial charge in [0.25, 0.3) is 11.1 Å². The fourth-order valence-electron chi connectivity index (χ4n) is 2.66. The standard InChI is InChI=1S/C21H18N2O6S/c1-13-3-2-4-15(9-13)22-18(24)11-23-20(27)17(30-21(23)28)10-14-5-7-16(8-6-14)29-12-19(25)26/h2-10H,11-12H2,1H3,(H,22,24)(H,25,26). The highest BCUT2D eigenvalue weighted by molar-refractivity contribution is 8.18. The van der Waals surface area contributed by atoms with E-state index < -0.39 is 29.6 Å². The van der Waals surface area contributed by atoms with Crippen molar-refractivity contribution in [1.82, 2.24) is 4.90 Å². The predicted molar refractivity (Wildman–Crippen MR) is 112 cm³/mol. The van der Waals surface area contributed by atoms with Crippen LogP contribution in [0, 0.1) is 6.92 Å². The Kier molecular flexibility index (Phi) is 6.53. The number of amides is 3. The van der Waals surface area contributed by atoms with Gasteiger partial charge in [-0.15, -0.1) is 0 Å². The quantitative estimate of drug-likeness (QED) is 0.654. The minimum absolute atomic E-state index is 0.197. The number of imide groups is 1. The molecule has 0 radical (unpaired) electrons. The van der Waals surface area contributed by atoms with Crippen molar-refractivity contribution in [2.45, 2.75) is 6.92 Å². The van der Waals surface area contributed by atoms with E-state index in [1.54, 1.807) is 42.5 Å². The zero-order valence-electron chi connectivity index (χ0n) is 16.0. The van der Waals surface area contributed by atoms with Gasteiger partial charge < -0.3 is 15.2 Å². The number of rotatable bonds is 7. The van der Waals surface area contributed by atoms with Gasteiger partial charge in [-0.2, -0.15) is 0 Å².